The Balaban J connectivity index is 1.71. The van der Waals surface area contributed by atoms with Crippen molar-refractivity contribution in [2.45, 2.75) is 88.2 Å². The number of piperidine rings is 1. The Bertz CT molecular complexity index is 936. The Morgan fingerprint density at radius 1 is 1.39 bits per heavy atom. The first-order valence-electron chi connectivity index (χ1n) is 12.2. The van der Waals surface area contributed by atoms with Crippen molar-refractivity contribution in [2.75, 3.05) is 13.6 Å². The number of likely N-dealkylation sites (N-methyl/N-ethyl adjacent to an activating group) is 1. The molecule has 0 radical (unpaired) electrons. The van der Waals surface area contributed by atoms with Crippen LogP contribution in [0.5, 0.6) is 11.5 Å². The fraction of sp³-hybridized carbons (Fsp3) is 0.739. The Morgan fingerprint density at radius 3 is 2.86 bits per heavy atom. The first kappa shape index (κ1) is 15.8. The normalized spacial score (nSPS) is 43.6. The van der Waals surface area contributed by atoms with Crippen molar-refractivity contribution in [2.24, 2.45) is 5.92 Å². The summed E-state index contributed by atoms with van der Waals surface area (Å²) in [5.74, 6) is 0.430. The number of hydrogen-bond donors (Lipinski definition) is 1. The molecule has 2 aliphatic heterocycles. The number of phenols is 1. The second kappa shape index (κ2) is 5.76. The van der Waals surface area contributed by atoms with Crippen LogP contribution < -0.4 is 4.74 Å². The number of phenolic OH excluding ortho intramolecular Hbond substituents is 1. The van der Waals surface area contributed by atoms with E-state index < -0.39 is 38.7 Å². The molecule has 4 aliphatic rings. The number of aromatic hydroxyl groups is 1. The molecule has 1 aromatic rings. The zero-order chi connectivity index (χ0) is 22.7. The molecule has 154 valence electrons. The average Bonchev–Trinajstić information content (AvgIpc) is 3.00. The molecule has 2 heterocycles. The molecule has 1 saturated carbocycles. The highest BCUT2D eigenvalue weighted by molar-refractivity contribution is 6.74. The predicted molar refractivity (Wildman–Crippen MR) is 114 cm³/mol. The van der Waals surface area contributed by atoms with Gasteiger partial charge in [0, 0.05) is 19.8 Å². The van der Waals surface area contributed by atoms with Gasteiger partial charge in [0.25, 0.3) is 0 Å². The van der Waals surface area contributed by atoms with Crippen LogP contribution in [-0.4, -0.2) is 50.2 Å². The highest BCUT2D eigenvalue weighted by Gasteiger charge is 2.66. The maximum atomic E-state index is 10.7. The largest absolute Gasteiger partial charge is 0.504 e. The van der Waals surface area contributed by atoms with Crippen LogP contribution >= 0.6 is 0 Å². The number of rotatable bonds is 2. The summed E-state index contributed by atoms with van der Waals surface area (Å²) >= 11 is 0. The predicted octanol–water partition coefficient (Wildman–Crippen LogP) is 4.45. The Hall–Kier alpha value is -1.04. The van der Waals surface area contributed by atoms with E-state index in [9.17, 15) is 6.48 Å². The van der Waals surface area contributed by atoms with E-state index >= 15 is 0 Å². The molecule has 5 rings (SSSR count). The van der Waals surface area contributed by atoms with Crippen molar-refractivity contribution in [1.29, 1.82) is 0 Å². The van der Waals surface area contributed by atoms with Gasteiger partial charge in [0.15, 0.2) is 19.8 Å². The van der Waals surface area contributed by atoms with Gasteiger partial charge in [-0.1, -0.05) is 26.8 Å². The molecule has 2 aliphatic carbocycles. The summed E-state index contributed by atoms with van der Waals surface area (Å²) in [7, 11) is -0.121. The van der Waals surface area contributed by atoms with E-state index in [1.54, 1.807) is 0 Å². The Labute approximate surface area is 174 Å². The van der Waals surface area contributed by atoms with Gasteiger partial charge < -0.3 is 19.2 Å². The van der Waals surface area contributed by atoms with Crippen molar-refractivity contribution in [1.82, 2.24) is 4.90 Å². The standard InChI is InChI=1S/C23H35NO3Si/c1-22(2,3)28(5,6)27-18-10-8-15-16-13-14-7-9-17(25)20-19(14)23(15,21(18)26-20)11-12-24(16)4/h7,9,15-16,18,21,25H,8,10-13H2,1-6H3/t15-,16+,18-,21-,23-/m0/s1/i7D,8D,10D/t8?,10?,15-,16+,18-,21-,23-. The van der Waals surface area contributed by atoms with Gasteiger partial charge in [-0.15, -0.1) is 0 Å². The van der Waals surface area contributed by atoms with Gasteiger partial charge >= 0.3 is 0 Å². The number of ether oxygens (including phenoxy) is 1. The van der Waals surface area contributed by atoms with Crippen LogP contribution in [0.3, 0.4) is 0 Å². The van der Waals surface area contributed by atoms with E-state index in [2.05, 4.69) is 45.8 Å². The Morgan fingerprint density at radius 2 is 2.14 bits per heavy atom. The molecule has 5 heteroatoms. The van der Waals surface area contributed by atoms with E-state index in [1.807, 2.05) is 0 Å². The minimum absolute atomic E-state index is 0.0118. The van der Waals surface area contributed by atoms with Crippen LogP contribution in [0.15, 0.2) is 12.1 Å². The maximum Gasteiger partial charge on any atom is 0.192 e. The van der Waals surface area contributed by atoms with Crippen molar-refractivity contribution >= 4 is 8.32 Å². The van der Waals surface area contributed by atoms with Gasteiger partial charge in [0.1, 0.15) is 6.10 Å². The maximum absolute atomic E-state index is 10.7. The van der Waals surface area contributed by atoms with Gasteiger partial charge in [0.05, 0.1) is 7.47 Å². The third-order valence-electron chi connectivity index (χ3n) is 8.27. The molecule has 7 atom stereocenters. The topological polar surface area (TPSA) is 41.9 Å². The second-order valence-corrected chi connectivity index (χ2v) is 15.4. The minimum Gasteiger partial charge on any atom is -0.504 e. The molecule has 1 saturated heterocycles. The van der Waals surface area contributed by atoms with E-state index in [0.717, 1.165) is 24.1 Å². The van der Waals surface area contributed by atoms with Gasteiger partial charge in [-0.2, -0.15) is 0 Å². The summed E-state index contributed by atoms with van der Waals surface area (Å²) in [4.78, 5) is 2.31. The lowest BCUT2D eigenvalue weighted by molar-refractivity contribution is -0.0948. The van der Waals surface area contributed by atoms with E-state index in [1.165, 1.54) is 6.07 Å². The summed E-state index contributed by atoms with van der Waals surface area (Å²) in [6.07, 6.45) is -0.740. The van der Waals surface area contributed by atoms with Gasteiger partial charge in [0.2, 0.25) is 0 Å². The van der Waals surface area contributed by atoms with Crippen LogP contribution in [0.4, 0.5) is 0 Å². The summed E-state index contributed by atoms with van der Waals surface area (Å²) in [5.41, 5.74) is 1.43. The lowest BCUT2D eigenvalue weighted by Crippen LogP contribution is -2.67. The fourth-order valence-corrected chi connectivity index (χ4v) is 6.98. The summed E-state index contributed by atoms with van der Waals surface area (Å²) in [6, 6.07) is 1.96. The lowest BCUT2D eigenvalue weighted by Gasteiger charge is -2.59. The monoisotopic (exact) mass is 404 g/mol. The Kier molecular flexibility index (Phi) is 3.24. The molecular formula is C23H35NO3Si. The molecular weight excluding hydrogens is 366 g/mol. The summed E-state index contributed by atoms with van der Waals surface area (Å²) in [5, 5.41) is 10.7. The third-order valence-corrected chi connectivity index (χ3v) is 12.7. The van der Waals surface area contributed by atoms with Crippen molar-refractivity contribution in [3.63, 3.8) is 0 Å². The van der Waals surface area contributed by atoms with Gasteiger partial charge in [-0.3, -0.25) is 0 Å². The molecule has 0 amide bonds. The second-order valence-electron chi connectivity index (χ2n) is 10.7. The summed E-state index contributed by atoms with van der Waals surface area (Å²) < 4.78 is 40.2. The number of nitrogens with zero attached hydrogens (tertiary/aromatic N) is 1. The molecule has 2 bridgehead atoms. The molecule has 28 heavy (non-hydrogen) atoms. The molecule has 2 unspecified atom stereocenters. The fourth-order valence-electron chi connectivity index (χ4n) is 5.74. The number of likely N-dealkylation sites (tertiary alicyclic amines) is 1. The average molecular weight is 405 g/mol. The summed E-state index contributed by atoms with van der Waals surface area (Å²) in [6.45, 7) is 11.8. The highest BCUT2D eigenvalue weighted by atomic mass is 28.4. The number of benzene rings is 1. The van der Waals surface area contributed by atoms with E-state index in [0.29, 0.717) is 18.2 Å². The van der Waals surface area contributed by atoms with Crippen LogP contribution in [-0.2, 0) is 16.3 Å². The van der Waals surface area contributed by atoms with Crippen LogP contribution in [0, 0.1) is 5.92 Å². The van der Waals surface area contributed by atoms with Crippen molar-refractivity contribution in [3.05, 3.63) is 23.2 Å². The molecule has 4 nitrogen and oxygen atoms in total. The lowest BCUT2D eigenvalue weighted by atomic mass is 9.51. The molecule has 1 aromatic carbocycles. The van der Waals surface area contributed by atoms with Crippen molar-refractivity contribution < 1.29 is 18.4 Å². The molecule has 0 aromatic heterocycles. The third kappa shape index (κ3) is 2.30. The zero-order valence-electron chi connectivity index (χ0n) is 20.9. The molecule has 2 fully saturated rings. The zero-order valence-corrected chi connectivity index (χ0v) is 18.9. The van der Waals surface area contributed by atoms with Crippen LogP contribution in [0.1, 0.15) is 55.2 Å². The number of hydrogen-bond acceptors (Lipinski definition) is 4. The van der Waals surface area contributed by atoms with E-state index in [-0.39, 0.29) is 22.7 Å². The van der Waals surface area contributed by atoms with Gasteiger partial charge in [-0.05, 0) is 74.9 Å². The quantitative estimate of drug-likeness (QED) is 0.740. The van der Waals surface area contributed by atoms with E-state index in [4.69, 9.17) is 11.9 Å². The first-order valence-corrected chi connectivity index (χ1v) is 13.5. The SMILES string of the molecule is [2H]c1cc(O)c2c3c1C[C@@H]1[C@@H]4C([2H])C([2H])[C@H](O[Si](C)(C)C(C)(C)C)[C@H](O2)[C@]34CCN1C. The molecule has 1 N–H and O–H groups in total. The highest BCUT2D eigenvalue weighted by Crippen LogP contribution is 2.64. The van der Waals surface area contributed by atoms with Crippen LogP contribution in [0.25, 0.3) is 0 Å². The smallest absolute Gasteiger partial charge is 0.192 e. The minimum atomic E-state index is -2.22. The first-order chi connectivity index (χ1) is 14.3. The van der Waals surface area contributed by atoms with Crippen LogP contribution in [0.2, 0.25) is 18.1 Å². The van der Waals surface area contributed by atoms with Crippen molar-refractivity contribution in [3.8, 4) is 11.5 Å². The molecule has 1 spiro atoms. The van der Waals surface area contributed by atoms with Gasteiger partial charge in [-0.25, -0.2) is 0 Å².